The van der Waals surface area contributed by atoms with Gasteiger partial charge >= 0.3 is 0 Å². The number of hydrogen-bond donors (Lipinski definition) is 2. The van der Waals surface area contributed by atoms with E-state index in [0.29, 0.717) is 16.8 Å². The number of carbonyl (C=O) groups is 1. The van der Waals surface area contributed by atoms with Crippen LogP contribution in [0.1, 0.15) is 48.0 Å². The fourth-order valence-electron chi connectivity index (χ4n) is 3.98. The van der Waals surface area contributed by atoms with Crippen LogP contribution >= 0.6 is 0 Å². The van der Waals surface area contributed by atoms with E-state index in [2.05, 4.69) is 16.4 Å². The van der Waals surface area contributed by atoms with Crippen molar-refractivity contribution >= 4 is 16.9 Å². The quantitative estimate of drug-likeness (QED) is 0.531. The molecular weight excluding hydrogens is 471 g/mol. The molecule has 1 radical (unpaired) electrons. The predicted octanol–water partition coefficient (Wildman–Crippen LogP) is 3.02. The Balaban J connectivity index is 0.00000272. The molecule has 0 aliphatic heterocycles. The SMILES string of the molecule is COc1ccc(Cn2c(=O)c(C(=O)NC3CCCCC3)c(O)c3c[c-]cnc32)cc1.[Y]. The molecule has 1 saturated carbocycles. The molecule has 2 aromatic heterocycles. The number of nitrogens with one attached hydrogen (secondary N) is 1. The number of aromatic nitrogens is 2. The normalized spacial score (nSPS) is 14.1. The molecule has 4 rings (SSSR count). The van der Waals surface area contributed by atoms with Crippen LogP contribution in [0.5, 0.6) is 11.5 Å². The average molecular weight is 495 g/mol. The van der Waals surface area contributed by atoms with E-state index in [1.807, 2.05) is 12.1 Å². The first-order valence-corrected chi connectivity index (χ1v) is 10.1. The Morgan fingerprint density at radius 1 is 1.26 bits per heavy atom. The fraction of sp³-hybridized carbons (Fsp3) is 0.348. The van der Waals surface area contributed by atoms with E-state index < -0.39 is 11.5 Å². The smallest absolute Gasteiger partial charge is 0.266 e. The molecule has 1 aliphatic rings. The van der Waals surface area contributed by atoms with Gasteiger partial charge in [-0.2, -0.15) is 0 Å². The summed E-state index contributed by atoms with van der Waals surface area (Å²) in [5.41, 5.74) is 0.338. The van der Waals surface area contributed by atoms with E-state index in [1.54, 1.807) is 25.3 Å². The molecule has 0 atom stereocenters. The number of benzene rings is 1. The standard InChI is InChI=1S/C23H24N3O4.Y/c1-30-17-11-9-15(10-12-17)14-26-21-18(8-5-13-24-21)20(27)19(23(26)29)22(28)25-16-6-3-2-4-7-16;/h8-13,16,27H,2-4,6-7,14H2,1H3,(H,25,28);/q-1;. The Morgan fingerprint density at radius 3 is 2.65 bits per heavy atom. The van der Waals surface area contributed by atoms with E-state index in [4.69, 9.17) is 4.74 Å². The molecule has 2 N–H and O–H groups in total. The number of amides is 1. The molecule has 8 heteroatoms. The first-order chi connectivity index (χ1) is 14.6. The number of hydrogen-bond acceptors (Lipinski definition) is 5. The second kappa shape index (κ2) is 10.4. The molecule has 1 aromatic carbocycles. The molecule has 0 unspecified atom stereocenters. The topological polar surface area (TPSA) is 93.5 Å². The molecule has 0 bridgehead atoms. The zero-order valence-electron chi connectivity index (χ0n) is 17.4. The number of fused-ring (bicyclic) bond motifs is 1. The molecule has 2 heterocycles. The minimum atomic E-state index is -0.567. The van der Waals surface area contributed by atoms with Gasteiger partial charge in [0.15, 0.2) is 0 Å². The van der Waals surface area contributed by atoms with Gasteiger partial charge in [0.1, 0.15) is 11.3 Å². The molecule has 1 aliphatic carbocycles. The van der Waals surface area contributed by atoms with Gasteiger partial charge in [-0.1, -0.05) is 43.0 Å². The number of rotatable bonds is 5. The number of methoxy groups -OCH3 is 1. The van der Waals surface area contributed by atoms with Crippen LogP contribution in [0.2, 0.25) is 0 Å². The van der Waals surface area contributed by atoms with Crippen molar-refractivity contribution in [2.75, 3.05) is 7.11 Å². The Hall–Kier alpha value is -2.25. The summed E-state index contributed by atoms with van der Waals surface area (Å²) in [6, 6.07) is 11.7. The minimum Gasteiger partial charge on any atom is -0.525 e. The summed E-state index contributed by atoms with van der Waals surface area (Å²) in [5, 5.41) is 14.0. The molecule has 1 amide bonds. The Labute approximate surface area is 205 Å². The molecule has 7 nitrogen and oxygen atoms in total. The summed E-state index contributed by atoms with van der Waals surface area (Å²) in [6.07, 6.45) is 6.46. The third kappa shape index (κ3) is 4.99. The van der Waals surface area contributed by atoms with Crippen molar-refractivity contribution < 1.29 is 47.3 Å². The van der Waals surface area contributed by atoms with E-state index in [-0.39, 0.29) is 56.6 Å². The summed E-state index contributed by atoms with van der Waals surface area (Å²) >= 11 is 0. The van der Waals surface area contributed by atoms with Gasteiger partial charge < -0.3 is 19.7 Å². The monoisotopic (exact) mass is 495 g/mol. The second-order valence-corrected chi connectivity index (χ2v) is 7.58. The van der Waals surface area contributed by atoms with Gasteiger partial charge in [0.2, 0.25) is 0 Å². The zero-order chi connectivity index (χ0) is 21.1. The van der Waals surface area contributed by atoms with Gasteiger partial charge in [0.05, 0.1) is 25.1 Å². The number of nitrogens with zero attached hydrogens (tertiary/aromatic N) is 2. The third-order valence-corrected chi connectivity index (χ3v) is 5.60. The van der Waals surface area contributed by atoms with E-state index in [1.165, 1.54) is 10.8 Å². The molecular formula is C23H24N3O4Y-. The Bertz CT molecular complexity index is 1120. The number of ether oxygens (including phenoxy) is 1. The predicted molar refractivity (Wildman–Crippen MR) is 113 cm³/mol. The summed E-state index contributed by atoms with van der Waals surface area (Å²) in [4.78, 5) is 30.5. The summed E-state index contributed by atoms with van der Waals surface area (Å²) < 4.78 is 6.60. The minimum absolute atomic E-state index is 0. The Kier molecular flexibility index (Phi) is 7.84. The molecule has 1 fully saturated rings. The van der Waals surface area contributed by atoms with Crippen molar-refractivity contribution in [3.63, 3.8) is 0 Å². The van der Waals surface area contributed by atoms with E-state index in [0.717, 1.165) is 37.7 Å². The van der Waals surface area contributed by atoms with Crippen molar-refractivity contribution in [3.8, 4) is 11.5 Å². The Morgan fingerprint density at radius 2 is 1.97 bits per heavy atom. The van der Waals surface area contributed by atoms with Crippen molar-refractivity contribution in [1.82, 2.24) is 14.9 Å². The van der Waals surface area contributed by atoms with Gasteiger partial charge in [-0.25, -0.2) is 12.1 Å². The van der Waals surface area contributed by atoms with Gasteiger partial charge in [-0.05, 0) is 30.5 Å². The third-order valence-electron chi connectivity index (χ3n) is 5.60. The molecule has 159 valence electrons. The summed E-state index contributed by atoms with van der Waals surface area (Å²) in [6.45, 7) is 0.209. The number of pyridine rings is 2. The first-order valence-electron chi connectivity index (χ1n) is 10.1. The molecule has 0 saturated heterocycles. The van der Waals surface area contributed by atoms with Gasteiger partial charge in [-0.15, -0.1) is 0 Å². The average Bonchev–Trinajstić information content (AvgIpc) is 2.78. The number of aromatic hydroxyl groups is 1. The van der Waals surface area contributed by atoms with E-state index >= 15 is 0 Å². The van der Waals surface area contributed by atoms with Crippen LogP contribution in [0, 0.1) is 6.07 Å². The fourth-order valence-corrected chi connectivity index (χ4v) is 3.98. The second-order valence-electron chi connectivity index (χ2n) is 7.58. The van der Waals surface area contributed by atoms with Crippen LogP contribution in [-0.4, -0.2) is 33.7 Å². The van der Waals surface area contributed by atoms with Gasteiger partial charge in [0, 0.05) is 38.8 Å². The van der Waals surface area contributed by atoms with Crippen LogP contribution < -0.4 is 15.6 Å². The van der Waals surface area contributed by atoms with Gasteiger partial charge in [-0.3, -0.25) is 14.6 Å². The van der Waals surface area contributed by atoms with Crippen molar-refractivity contribution in [1.29, 1.82) is 0 Å². The van der Waals surface area contributed by atoms with Crippen LogP contribution in [0.3, 0.4) is 0 Å². The molecule has 0 spiro atoms. The maximum absolute atomic E-state index is 13.3. The van der Waals surface area contributed by atoms with Gasteiger partial charge in [0.25, 0.3) is 11.5 Å². The zero-order valence-corrected chi connectivity index (χ0v) is 20.3. The summed E-state index contributed by atoms with van der Waals surface area (Å²) in [5.74, 6) is -0.181. The largest absolute Gasteiger partial charge is 0.525 e. The van der Waals surface area contributed by atoms with Crippen molar-refractivity contribution in [2.24, 2.45) is 0 Å². The number of carbonyl (C=O) groups excluding carboxylic acids is 1. The van der Waals surface area contributed by atoms with Crippen LogP contribution in [0.4, 0.5) is 0 Å². The van der Waals surface area contributed by atoms with Crippen molar-refractivity contribution in [3.05, 3.63) is 64.1 Å². The van der Waals surface area contributed by atoms with Crippen LogP contribution in [0.15, 0.2) is 41.3 Å². The molecule has 3 aromatic rings. The molecule has 31 heavy (non-hydrogen) atoms. The maximum Gasteiger partial charge on any atom is 0.266 e. The first kappa shape index (κ1) is 23.4. The van der Waals surface area contributed by atoms with Crippen LogP contribution in [0.25, 0.3) is 11.0 Å². The van der Waals surface area contributed by atoms with E-state index in [9.17, 15) is 14.7 Å². The van der Waals surface area contributed by atoms with Crippen molar-refractivity contribution in [2.45, 2.75) is 44.7 Å². The summed E-state index contributed by atoms with van der Waals surface area (Å²) in [7, 11) is 1.59. The van der Waals surface area contributed by atoms with Crippen LogP contribution in [-0.2, 0) is 39.3 Å². The maximum atomic E-state index is 13.3.